The third kappa shape index (κ3) is 3.52. The van der Waals surface area contributed by atoms with Gasteiger partial charge in [-0.1, -0.05) is 23.4 Å². The lowest BCUT2D eigenvalue weighted by Crippen LogP contribution is -2.40. The molecule has 6 aromatic rings. The molecule has 9 nitrogen and oxygen atoms in total. The molecule has 2 N–H and O–H groups in total. The van der Waals surface area contributed by atoms with E-state index in [-0.39, 0.29) is 11.9 Å². The number of anilines is 1. The molecule has 5 heterocycles. The molecule has 0 aliphatic carbocycles. The van der Waals surface area contributed by atoms with Crippen LogP contribution in [0.4, 0.5) is 10.3 Å². The average molecular weight is 495 g/mol. The summed E-state index contributed by atoms with van der Waals surface area (Å²) in [4.78, 5) is 18.8. The van der Waals surface area contributed by atoms with E-state index < -0.39 is 6.04 Å². The molecule has 37 heavy (non-hydrogen) atoms. The summed E-state index contributed by atoms with van der Waals surface area (Å²) in [5.74, 6) is 1.39. The summed E-state index contributed by atoms with van der Waals surface area (Å²) in [6.45, 7) is 1.79. The van der Waals surface area contributed by atoms with Crippen LogP contribution in [-0.2, 0) is 13.5 Å². The number of nitrogens with one attached hydrogen (secondary N) is 2. The third-order valence-electron chi connectivity index (χ3n) is 6.98. The van der Waals surface area contributed by atoms with Gasteiger partial charge in [0.15, 0.2) is 5.82 Å². The number of hydrogen-bond acceptors (Lipinski definition) is 6. The van der Waals surface area contributed by atoms with Crippen LogP contribution in [0.25, 0.3) is 22.2 Å². The molecule has 2 aromatic carbocycles. The molecule has 184 valence electrons. The van der Waals surface area contributed by atoms with E-state index in [9.17, 15) is 4.39 Å². The minimum Gasteiger partial charge on any atom is -0.356 e. The Morgan fingerprint density at radius 3 is 2.68 bits per heavy atom. The first-order valence-corrected chi connectivity index (χ1v) is 12.0. The number of benzene rings is 2. The van der Waals surface area contributed by atoms with Gasteiger partial charge in [-0.25, -0.2) is 9.37 Å². The first-order chi connectivity index (χ1) is 18.0. The van der Waals surface area contributed by atoms with Crippen molar-refractivity contribution in [1.29, 1.82) is 0 Å². The Bertz CT molecular complexity index is 1730. The van der Waals surface area contributed by atoms with Crippen molar-refractivity contribution in [3.05, 3.63) is 101 Å². The number of imidazole rings is 1. The zero-order valence-electron chi connectivity index (χ0n) is 20.2. The molecule has 10 heteroatoms. The second kappa shape index (κ2) is 8.16. The fourth-order valence-electron chi connectivity index (χ4n) is 5.34. The highest BCUT2D eigenvalue weighted by atomic mass is 19.1. The molecule has 7 rings (SSSR count). The van der Waals surface area contributed by atoms with Gasteiger partial charge in [0, 0.05) is 48.4 Å². The lowest BCUT2D eigenvalue weighted by Gasteiger charge is -2.40. The number of H-pyrrole nitrogens is 2. The first-order valence-electron chi connectivity index (χ1n) is 12.0. The van der Waals surface area contributed by atoms with Crippen LogP contribution < -0.4 is 4.90 Å². The minimum atomic E-state index is -0.397. The minimum absolute atomic E-state index is 0.114. The predicted octanol–water partition coefficient (Wildman–Crippen LogP) is 5.02. The largest absolute Gasteiger partial charge is 0.356 e. The molecule has 4 aromatic heterocycles. The lowest BCUT2D eigenvalue weighted by atomic mass is 9.89. The fraction of sp³-hybridized carbons (Fsp3) is 0.185. The van der Waals surface area contributed by atoms with Crippen molar-refractivity contribution < 1.29 is 8.91 Å². The summed E-state index contributed by atoms with van der Waals surface area (Å²) >= 11 is 0. The van der Waals surface area contributed by atoms with Crippen molar-refractivity contribution in [1.82, 2.24) is 34.9 Å². The van der Waals surface area contributed by atoms with Crippen molar-refractivity contribution in [2.45, 2.75) is 25.4 Å². The zero-order chi connectivity index (χ0) is 25.1. The number of fused-ring (bicyclic) bond motifs is 3. The quantitative estimate of drug-likeness (QED) is 0.357. The highest BCUT2D eigenvalue weighted by Gasteiger charge is 2.42. The van der Waals surface area contributed by atoms with Gasteiger partial charge < -0.3 is 19.4 Å². The number of hydrogen-bond donors (Lipinski definition) is 2. The summed E-state index contributed by atoms with van der Waals surface area (Å²) in [5.41, 5.74) is 5.84. The van der Waals surface area contributed by atoms with Crippen LogP contribution in [0.3, 0.4) is 0 Å². The summed E-state index contributed by atoms with van der Waals surface area (Å²) < 4.78 is 20.8. The summed E-state index contributed by atoms with van der Waals surface area (Å²) in [6, 6.07) is 14.1. The molecule has 0 amide bonds. The van der Waals surface area contributed by atoms with Crippen LogP contribution in [0.5, 0.6) is 0 Å². The maximum Gasteiger partial charge on any atom is 0.223 e. The molecule has 0 radical (unpaired) electrons. The summed E-state index contributed by atoms with van der Waals surface area (Å²) in [7, 11) is 1.91. The van der Waals surface area contributed by atoms with Crippen molar-refractivity contribution in [3.63, 3.8) is 0 Å². The van der Waals surface area contributed by atoms with Crippen LogP contribution in [0, 0.1) is 12.7 Å². The monoisotopic (exact) mass is 494 g/mol. The second-order valence-corrected chi connectivity index (χ2v) is 9.33. The van der Waals surface area contributed by atoms with E-state index in [1.807, 2.05) is 31.7 Å². The van der Waals surface area contributed by atoms with Crippen LogP contribution in [-0.4, -0.2) is 34.9 Å². The molecule has 0 unspecified atom stereocenters. The number of halogens is 1. The number of para-hydroxylation sites is 1. The van der Waals surface area contributed by atoms with Crippen molar-refractivity contribution in [3.8, 4) is 11.3 Å². The fourth-order valence-corrected chi connectivity index (χ4v) is 5.34. The standard InChI is InChI=1S/C27H23FN8O/c1-15-31-26(34-37-15)25-24-20(19-5-3-4-6-21(19)32-24)11-23(17-12-30-35(2)14-17)36(25)27-29-13-22(33-27)16-7-9-18(28)10-8-16/h3-10,12-14,23,25,32H,11H2,1-2H3,(H,29,33)/t23-,25-/m1/s1. The average Bonchev–Trinajstić information content (AvgIpc) is 3.70. The number of nitrogens with zero attached hydrogens (tertiary/aromatic N) is 6. The van der Waals surface area contributed by atoms with E-state index in [0.29, 0.717) is 23.4 Å². The molecular weight excluding hydrogens is 471 g/mol. The first kappa shape index (κ1) is 21.5. The van der Waals surface area contributed by atoms with Gasteiger partial charge >= 0.3 is 0 Å². The molecule has 1 aliphatic heterocycles. The van der Waals surface area contributed by atoms with E-state index in [4.69, 9.17) is 9.51 Å². The van der Waals surface area contributed by atoms with Crippen LogP contribution in [0.2, 0.25) is 0 Å². The Kier molecular flexibility index (Phi) is 4.75. The van der Waals surface area contributed by atoms with E-state index in [1.165, 1.54) is 23.1 Å². The van der Waals surface area contributed by atoms with Gasteiger partial charge in [-0.15, -0.1) is 0 Å². The van der Waals surface area contributed by atoms with Gasteiger partial charge in [-0.05, 0) is 42.3 Å². The van der Waals surface area contributed by atoms with Crippen LogP contribution >= 0.6 is 0 Å². The normalized spacial score (nSPS) is 17.4. The van der Waals surface area contributed by atoms with E-state index >= 15 is 0 Å². The van der Waals surface area contributed by atoms with Crippen LogP contribution in [0.15, 0.2) is 71.6 Å². The van der Waals surface area contributed by atoms with E-state index in [1.54, 1.807) is 23.7 Å². The van der Waals surface area contributed by atoms with Gasteiger partial charge in [0.25, 0.3) is 0 Å². The highest BCUT2D eigenvalue weighted by molar-refractivity contribution is 5.86. The SMILES string of the molecule is Cc1nc([C@H]2c3[nH]c4ccccc4c3C[C@H](c3cnn(C)c3)N2c2nc(-c3ccc(F)cc3)c[nH]2)no1. The topological polar surface area (TPSA) is 104 Å². The van der Waals surface area contributed by atoms with Gasteiger partial charge in [-0.3, -0.25) is 4.68 Å². The van der Waals surface area contributed by atoms with Crippen molar-refractivity contribution in [2.75, 3.05) is 4.90 Å². The molecule has 2 atom stereocenters. The third-order valence-corrected chi connectivity index (χ3v) is 6.98. The van der Waals surface area contributed by atoms with Crippen molar-refractivity contribution in [2.24, 2.45) is 7.05 Å². The maximum atomic E-state index is 13.5. The number of aromatic amines is 2. The molecule has 1 aliphatic rings. The number of rotatable bonds is 4. The number of aryl methyl sites for hydroxylation is 2. The lowest BCUT2D eigenvalue weighted by molar-refractivity contribution is 0.380. The van der Waals surface area contributed by atoms with Crippen LogP contribution in [0.1, 0.15) is 40.6 Å². The Hall–Kier alpha value is -4.73. The van der Waals surface area contributed by atoms with Gasteiger partial charge in [0.1, 0.15) is 11.9 Å². The van der Waals surface area contributed by atoms with Gasteiger partial charge in [0.05, 0.1) is 23.6 Å². The Morgan fingerprint density at radius 2 is 1.92 bits per heavy atom. The molecule has 0 saturated carbocycles. The Labute approximate surface area is 211 Å². The highest BCUT2D eigenvalue weighted by Crippen LogP contribution is 2.46. The van der Waals surface area contributed by atoms with Crippen molar-refractivity contribution >= 4 is 16.9 Å². The molecule has 0 saturated heterocycles. The predicted molar refractivity (Wildman–Crippen MR) is 135 cm³/mol. The molecule has 0 spiro atoms. The molecule has 0 bridgehead atoms. The molecular formula is C27H23FN8O. The van der Waals surface area contributed by atoms with E-state index in [0.717, 1.165) is 28.8 Å². The maximum absolute atomic E-state index is 13.5. The zero-order valence-corrected chi connectivity index (χ0v) is 20.2. The Morgan fingerprint density at radius 1 is 1.08 bits per heavy atom. The smallest absolute Gasteiger partial charge is 0.223 e. The summed E-state index contributed by atoms with van der Waals surface area (Å²) in [6.07, 6.45) is 6.48. The molecule has 0 fully saturated rings. The second-order valence-electron chi connectivity index (χ2n) is 9.33. The van der Waals surface area contributed by atoms with Gasteiger partial charge in [0.2, 0.25) is 11.8 Å². The van der Waals surface area contributed by atoms with Gasteiger partial charge in [-0.2, -0.15) is 10.1 Å². The Balaban J connectivity index is 1.45. The van der Waals surface area contributed by atoms with E-state index in [2.05, 4.69) is 48.3 Å². The number of aromatic nitrogens is 7. The summed E-state index contributed by atoms with van der Waals surface area (Å²) in [5, 5.41) is 9.96.